The fourth-order valence-corrected chi connectivity index (χ4v) is 2.77. The predicted molar refractivity (Wildman–Crippen MR) is 67.2 cm³/mol. The summed E-state index contributed by atoms with van der Waals surface area (Å²) in [6.45, 7) is 2.40. The fourth-order valence-electron chi connectivity index (χ4n) is 1.29. The molecule has 0 N–H and O–H groups in total. The first-order valence-electron chi connectivity index (χ1n) is 4.78. The van der Waals surface area contributed by atoms with E-state index in [1.165, 1.54) is 4.31 Å². The van der Waals surface area contributed by atoms with Gasteiger partial charge >= 0.3 is 0 Å². The van der Waals surface area contributed by atoms with Crippen molar-refractivity contribution in [1.82, 2.24) is 4.31 Å². The molecule has 1 aromatic carbocycles. The quantitative estimate of drug-likeness (QED) is 0.779. The number of nitrogens with zero attached hydrogens (tertiary/aromatic N) is 1. The fraction of sp³-hybridized carbons (Fsp3) is 0.400. The summed E-state index contributed by atoms with van der Waals surface area (Å²) in [6, 6.07) is 7.16. The molecule has 0 fully saturated rings. The van der Waals surface area contributed by atoms with Gasteiger partial charge in [0.1, 0.15) is 5.21 Å². The van der Waals surface area contributed by atoms with E-state index < -0.39 is 15.2 Å². The van der Waals surface area contributed by atoms with Gasteiger partial charge in [-0.3, -0.25) is 0 Å². The molecule has 0 aliphatic heterocycles. The minimum absolute atomic E-state index is 0.255. The summed E-state index contributed by atoms with van der Waals surface area (Å²) in [5.74, 6) is 0. The Bertz CT molecular complexity index is 448. The second-order valence-corrected chi connectivity index (χ2v) is 6.20. The molecule has 3 nitrogen and oxygen atoms in total. The van der Waals surface area contributed by atoms with E-state index in [2.05, 4.69) is 0 Å². The lowest BCUT2D eigenvalue weighted by atomic mass is 10.2. The van der Waals surface area contributed by atoms with Gasteiger partial charge in [-0.15, -0.1) is 11.6 Å². The summed E-state index contributed by atoms with van der Waals surface area (Å²) in [7, 11) is -3.39. The normalized spacial score (nSPS) is 12.0. The van der Waals surface area contributed by atoms with Crippen molar-refractivity contribution in [3.63, 3.8) is 0 Å². The van der Waals surface area contributed by atoms with Crippen LogP contribution in [0.15, 0.2) is 24.3 Å². The highest BCUT2D eigenvalue weighted by Crippen LogP contribution is 2.18. The Kier molecular flexibility index (Phi) is 5.05. The summed E-state index contributed by atoms with van der Waals surface area (Å²) < 4.78 is 24.5. The molecule has 0 amide bonds. The molecule has 0 spiro atoms. The van der Waals surface area contributed by atoms with Gasteiger partial charge in [0.05, 0.1) is 0 Å². The molecule has 0 saturated carbocycles. The second kappa shape index (κ2) is 5.87. The molecule has 0 heterocycles. The van der Waals surface area contributed by atoms with E-state index in [-0.39, 0.29) is 6.54 Å². The van der Waals surface area contributed by atoms with Crippen molar-refractivity contribution in [2.45, 2.75) is 13.5 Å². The Morgan fingerprint density at radius 2 is 1.94 bits per heavy atom. The van der Waals surface area contributed by atoms with E-state index in [0.717, 1.165) is 5.56 Å². The van der Waals surface area contributed by atoms with Crippen LogP contribution >= 0.6 is 23.2 Å². The lowest BCUT2D eigenvalue weighted by Crippen LogP contribution is -2.31. The van der Waals surface area contributed by atoms with Gasteiger partial charge in [0, 0.05) is 18.1 Å². The summed E-state index contributed by atoms with van der Waals surface area (Å²) in [6.07, 6.45) is 0. The minimum atomic E-state index is -3.39. The third-order valence-corrected chi connectivity index (χ3v) is 4.83. The third kappa shape index (κ3) is 3.35. The SMILES string of the molecule is CCN(Cc1ccccc1Cl)S(=O)(=O)CCl. The average Bonchev–Trinajstić information content (AvgIpc) is 2.27. The zero-order valence-corrected chi connectivity index (χ0v) is 11.2. The van der Waals surface area contributed by atoms with Gasteiger partial charge in [-0.05, 0) is 11.6 Å². The van der Waals surface area contributed by atoms with Crippen LogP contribution in [0.5, 0.6) is 0 Å². The Morgan fingerprint density at radius 3 is 2.44 bits per heavy atom. The molecule has 1 rings (SSSR count). The number of sulfonamides is 1. The van der Waals surface area contributed by atoms with Gasteiger partial charge in [0.2, 0.25) is 10.0 Å². The molecule has 1 aromatic rings. The van der Waals surface area contributed by atoms with E-state index in [0.29, 0.717) is 11.6 Å². The molecule has 90 valence electrons. The Hall–Kier alpha value is -0.290. The number of benzene rings is 1. The lowest BCUT2D eigenvalue weighted by molar-refractivity contribution is 0.427. The molecule has 0 aliphatic rings. The van der Waals surface area contributed by atoms with Crippen LogP contribution in [0.25, 0.3) is 0 Å². The van der Waals surface area contributed by atoms with Crippen LogP contribution in [0.1, 0.15) is 12.5 Å². The number of alkyl halides is 1. The van der Waals surface area contributed by atoms with Crippen molar-refractivity contribution in [3.8, 4) is 0 Å². The van der Waals surface area contributed by atoms with Crippen LogP contribution in [0.2, 0.25) is 5.02 Å². The molecule has 0 unspecified atom stereocenters. The smallest absolute Gasteiger partial charge is 0.211 e. The van der Waals surface area contributed by atoms with Crippen LogP contribution < -0.4 is 0 Å². The Labute approximate surface area is 106 Å². The topological polar surface area (TPSA) is 37.4 Å². The predicted octanol–water partition coefficient (Wildman–Crippen LogP) is 2.69. The third-order valence-electron chi connectivity index (χ3n) is 2.19. The van der Waals surface area contributed by atoms with Crippen LogP contribution in [0.3, 0.4) is 0 Å². The summed E-state index contributed by atoms with van der Waals surface area (Å²) in [5.41, 5.74) is 0.778. The molecule has 0 aliphatic carbocycles. The van der Waals surface area contributed by atoms with Crippen LogP contribution in [-0.4, -0.2) is 24.5 Å². The lowest BCUT2D eigenvalue weighted by Gasteiger charge is -2.19. The molecule has 0 radical (unpaired) electrons. The number of halogens is 2. The van der Waals surface area contributed by atoms with E-state index in [1.807, 2.05) is 6.07 Å². The maximum atomic E-state index is 11.6. The van der Waals surface area contributed by atoms with Crippen LogP contribution in [0.4, 0.5) is 0 Å². The maximum absolute atomic E-state index is 11.6. The summed E-state index contributed by atoms with van der Waals surface area (Å²) in [4.78, 5) is 0. The molecule has 0 bridgehead atoms. The highest BCUT2D eigenvalue weighted by Gasteiger charge is 2.19. The molecular weight excluding hydrogens is 269 g/mol. The molecular formula is C10H13Cl2NO2S. The average molecular weight is 282 g/mol. The van der Waals surface area contributed by atoms with Gasteiger partial charge in [-0.25, -0.2) is 8.42 Å². The van der Waals surface area contributed by atoms with E-state index >= 15 is 0 Å². The largest absolute Gasteiger partial charge is 0.228 e. The highest BCUT2D eigenvalue weighted by atomic mass is 35.5. The van der Waals surface area contributed by atoms with Gasteiger partial charge in [0.25, 0.3) is 0 Å². The summed E-state index contributed by atoms with van der Waals surface area (Å²) in [5, 5.41) is 0.149. The molecule has 0 aromatic heterocycles. The first-order chi connectivity index (χ1) is 7.51. The second-order valence-electron chi connectivity index (χ2n) is 3.24. The molecule has 6 heteroatoms. The van der Waals surface area contributed by atoms with Crippen molar-refractivity contribution < 1.29 is 8.42 Å². The standard InChI is InChI=1S/C10H13Cl2NO2S/c1-2-13(16(14,15)8-11)7-9-5-3-4-6-10(9)12/h3-6H,2,7-8H2,1H3. The van der Waals surface area contributed by atoms with E-state index in [9.17, 15) is 8.42 Å². The van der Waals surface area contributed by atoms with Crippen molar-refractivity contribution >= 4 is 33.2 Å². The van der Waals surface area contributed by atoms with E-state index in [1.54, 1.807) is 25.1 Å². The zero-order chi connectivity index (χ0) is 12.2. The van der Waals surface area contributed by atoms with Gasteiger partial charge in [-0.1, -0.05) is 36.7 Å². The van der Waals surface area contributed by atoms with E-state index in [4.69, 9.17) is 23.2 Å². The van der Waals surface area contributed by atoms with Crippen molar-refractivity contribution in [3.05, 3.63) is 34.9 Å². The number of hydrogen-bond donors (Lipinski definition) is 0. The first kappa shape index (κ1) is 13.8. The number of rotatable bonds is 5. The highest BCUT2D eigenvalue weighted by molar-refractivity contribution is 7.90. The van der Waals surface area contributed by atoms with Gasteiger partial charge in [-0.2, -0.15) is 4.31 Å². The zero-order valence-electron chi connectivity index (χ0n) is 8.86. The van der Waals surface area contributed by atoms with Gasteiger partial charge < -0.3 is 0 Å². The van der Waals surface area contributed by atoms with Crippen molar-refractivity contribution in [1.29, 1.82) is 0 Å². The Balaban J connectivity index is 2.91. The van der Waals surface area contributed by atoms with Crippen molar-refractivity contribution in [2.24, 2.45) is 0 Å². The van der Waals surface area contributed by atoms with Crippen molar-refractivity contribution in [2.75, 3.05) is 11.8 Å². The minimum Gasteiger partial charge on any atom is -0.211 e. The number of hydrogen-bond acceptors (Lipinski definition) is 2. The first-order valence-corrected chi connectivity index (χ1v) is 7.30. The Morgan fingerprint density at radius 1 is 1.31 bits per heavy atom. The van der Waals surface area contributed by atoms with Gasteiger partial charge in [0.15, 0.2) is 0 Å². The van der Waals surface area contributed by atoms with Crippen LogP contribution in [-0.2, 0) is 16.6 Å². The molecule has 0 atom stereocenters. The maximum Gasteiger partial charge on any atom is 0.228 e. The molecule has 0 saturated heterocycles. The summed E-state index contributed by atoms with van der Waals surface area (Å²) >= 11 is 11.4. The monoisotopic (exact) mass is 281 g/mol. The molecule has 16 heavy (non-hydrogen) atoms. The van der Waals surface area contributed by atoms with Crippen LogP contribution in [0, 0.1) is 0 Å².